The van der Waals surface area contributed by atoms with Crippen LogP contribution in [0.1, 0.15) is 30.4 Å². The zero-order valence-electron chi connectivity index (χ0n) is 21.6. The summed E-state index contributed by atoms with van der Waals surface area (Å²) in [6, 6.07) is 10.8. The van der Waals surface area contributed by atoms with Crippen molar-refractivity contribution in [3.63, 3.8) is 0 Å². The summed E-state index contributed by atoms with van der Waals surface area (Å²) in [5, 5.41) is 26.8. The van der Waals surface area contributed by atoms with Gasteiger partial charge in [0.2, 0.25) is 17.7 Å². The van der Waals surface area contributed by atoms with Gasteiger partial charge in [-0.25, -0.2) is 4.79 Å². The Hall–Kier alpha value is -3.61. The molecule has 0 fully saturated rings. The average molecular weight is 560 g/mol. The molecule has 0 aliphatic heterocycles. The fourth-order valence-electron chi connectivity index (χ4n) is 3.81. The third kappa shape index (κ3) is 11.0. The molecule has 4 unspecified atom stereocenters. The van der Waals surface area contributed by atoms with Gasteiger partial charge in [0.05, 0.1) is 6.04 Å². The van der Waals surface area contributed by atoms with Gasteiger partial charge in [-0.3, -0.25) is 14.4 Å². The minimum absolute atomic E-state index is 0.0631. The summed E-state index contributed by atoms with van der Waals surface area (Å²) in [5.41, 5.74) is 13.0. The summed E-state index contributed by atoms with van der Waals surface area (Å²) in [5.74, 6) is -3.08. The van der Waals surface area contributed by atoms with Crippen molar-refractivity contribution in [1.82, 2.24) is 16.0 Å². The maximum absolute atomic E-state index is 13.1. The second-order valence-corrected chi connectivity index (χ2v) is 9.52. The molecule has 2 rings (SSSR count). The molecule has 0 aliphatic rings. The molecule has 0 saturated carbocycles. The molecule has 2 aromatic rings. The van der Waals surface area contributed by atoms with Crippen LogP contribution in [0.25, 0.3) is 0 Å². The summed E-state index contributed by atoms with van der Waals surface area (Å²) in [6.07, 6.45) is 1.58. The molecule has 9 N–H and O–H groups in total. The minimum Gasteiger partial charge on any atom is -0.508 e. The second kappa shape index (κ2) is 16.4. The number of carboxylic acid groups (broad SMARTS) is 1. The van der Waals surface area contributed by atoms with Crippen LogP contribution in [0, 0.1) is 0 Å². The molecule has 4 atom stereocenters. The molecule has 0 bridgehead atoms. The van der Waals surface area contributed by atoms with Crippen LogP contribution in [0.2, 0.25) is 0 Å². The van der Waals surface area contributed by atoms with Crippen molar-refractivity contribution in [2.75, 3.05) is 12.3 Å². The number of hydrogen-bond acceptors (Lipinski definition) is 8. The number of carbonyl (C=O) groups excluding carboxylic acids is 3. The van der Waals surface area contributed by atoms with E-state index in [1.54, 1.807) is 42.5 Å². The number of rotatable bonds is 16. The number of nitrogens with two attached hydrogens (primary N) is 2. The Balaban J connectivity index is 2.04. The van der Waals surface area contributed by atoms with Gasteiger partial charge in [0.25, 0.3) is 0 Å². The van der Waals surface area contributed by atoms with Gasteiger partial charge in [-0.1, -0.05) is 42.5 Å². The summed E-state index contributed by atoms with van der Waals surface area (Å²) in [6.45, 7) is 0.391. The van der Waals surface area contributed by atoms with Crippen LogP contribution in [0.5, 0.6) is 5.75 Å². The number of phenols is 1. The van der Waals surface area contributed by atoms with Gasteiger partial charge in [-0.05, 0) is 55.5 Å². The first-order chi connectivity index (χ1) is 18.6. The number of phenolic OH excluding ortho intramolecular Hbond substituents is 1. The molecule has 39 heavy (non-hydrogen) atoms. The molecule has 0 saturated heterocycles. The quantitative estimate of drug-likeness (QED) is 0.105. The monoisotopic (exact) mass is 559 g/mol. The molecule has 0 aromatic heterocycles. The van der Waals surface area contributed by atoms with Gasteiger partial charge in [0.15, 0.2) is 0 Å². The van der Waals surface area contributed by atoms with E-state index >= 15 is 0 Å². The van der Waals surface area contributed by atoms with Crippen LogP contribution in [-0.2, 0) is 32.0 Å². The van der Waals surface area contributed by atoms with Gasteiger partial charge in [0.1, 0.15) is 23.9 Å². The third-order valence-electron chi connectivity index (χ3n) is 6.02. The standard InChI is InChI=1S/C27H37N5O6S/c28-13-5-4-8-21(25(35)31-22(27(37)38)15-17-6-2-1-3-7-17)30-26(36)23(16-39)32-24(34)20(29)14-18-9-11-19(33)12-10-18/h1-3,6-7,9-12,20-23,33,39H,4-5,8,13-16,28-29H2,(H,30,36)(H,31,35)(H,32,34)(H,37,38). The normalized spacial score (nSPS) is 13.9. The van der Waals surface area contributed by atoms with Crippen LogP contribution in [-0.4, -0.2) is 70.4 Å². The van der Waals surface area contributed by atoms with E-state index in [2.05, 4.69) is 28.6 Å². The van der Waals surface area contributed by atoms with E-state index in [9.17, 15) is 29.4 Å². The number of unbranched alkanes of at least 4 members (excludes halogenated alkanes) is 1. The number of carbonyl (C=O) groups is 4. The molecule has 0 spiro atoms. The van der Waals surface area contributed by atoms with Gasteiger partial charge >= 0.3 is 5.97 Å². The molecule has 212 valence electrons. The summed E-state index contributed by atoms with van der Waals surface area (Å²) in [7, 11) is 0. The van der Waals surface area contributed by atoms with Crippen molar-refractivity contribution < 1.29 is 29.4 Å². The maximum Gasteiger partial charge on any atom is 0.326 e. The Kier molecular flexibility index (Phi) is 13.3. The van der Waals surface area contributed by atoms with Gasteiger partial charge in [0, 0.05) is 12.2 Å². The number of aromatic hydroxyl groups is 1. The van der Waals surface area contributed by atoms with Crippen LogP contribution in [0.15, 0.2) is 54.6 Å². The molecule has 3 amide bonds. The number of hydrogen-bond donors (Lipinski definition) is 8. The average Bonchev–Trinajstić information content (AvgIpc) is 2.92. The molecular weight excluding hydrogens is 522 g/mol. The van der Waals surface area contributed by atoms with Crippen LogP contribution in [0.4, 0.5) is 0 Å². The fourth-order valence-corrected chi connectivity index (χ4v) is 4.06. The molecular formula is C27H37N5O6S. The van der Waals surface area contributed by atoms with E-state index in [0.29, 0.717) is 19.4 Å². The molecule has 0 aliphatic carbocycles. The fraction of sp³-hybridized carbons (Fsp3) is 0.407. The Morgan fingerprint density at radius 2 is 1.33 bits per heavy atom. The lowest BCUT2D eigenvalue weighted by atomic mass is 10.0. The van der Waals surface area contributed by atoms with Crippen molar-refractivity contribution in [3.05, 3.63) is 65.7 Å². The number of thiol groups is 1. The van der Waals surface area contributed by atoms with Crippen molar-refractivity contribution in [2.45, 2.75) is 56.3 Å². The van der Waals surface area contributed by atoms with E-state index in [0.717, 1.165) is 11.1 Å². The van der Waals surface area contributed by atoms with Gasteiger partial charge in [-0.2, -0.15) is 12.6 Å². The summed E-state index contributed by atoms with van der Waals surface area (Å²) in [4.78, 5) is 50.6. The Bertz CT molecular complexity index is 1090. The topological polar surface area (TPSA) is 197 Å². The maximum atomic E-state index is 13.1. The number of benzene rings is 2. The smallest absolute Gasteiger partial charge is 0.326 e. The van der Waals surface area contributed by atoms with Gasteiger partial charge in [-0.15, -0.1) is 0 Å². The van der Waals surface area contributed by atoms with E-state index in [-0.39, 0.29) is 30.8 Å². The predicted octanol–water partition coefficient (Wildman–Crippen LogP) is 0.103. The Morgan fingerprint density at radius 3 is 1.92 bits per heavy atom. The largest absolute Gasteiger partial charge is 0.508 e. The van der Waals surface area contributed by atoms with Crippen molar-refractivity contribution in [2.24, 2.45) is 11.5 Å². The van der Waals surface area contributed by atoms with Crippen molar-refractivity contribution in [3.8, 4) is 5.75 Å². The highest BCUT2D eigenvalue weighted by atomic mass is 32.1. The number of amides is 3. The SMILES string of the molecule is NCCCCC(NC(=O)C(CS)NC(=O)C(N)Cc1ccc(O)cc1)C(=O)NC(Cc1ccccc1)C(=O)O. The van der Waals surface area contributed by atoms with Gasteiger partial charge < -0.3 is 37.6 Å². The van der Waals surface area contributed by atoms with E-state index in [1.165, 1.54) is 12.1 Å². The van der Waals surface area contributed by atoms with E-state index in [4.69, 9.17) is 11.5 Å². The molecule has 12 heteroatoms. The number of carboxylic acids is 1. The molecule has 0 heterocycles. The highest BCUT2D eigenvalue weighted by Gasteiger charge is 2.30. The zero-order valence-corrected chi connectivity index (χ0v) is 22.5. The van der Waals surface area contributed by atoms with Crippen molar-refractivity contribution in [1.29, 1.82) is 0 Å². The van der Waals surface area contributed by atoms with Crippen molar-refractivity contribution >= 4 is 36.3 Å². The lowest BCUT2D eigenvalue weighted by Gasteiger charge is -2.24. The highest BCUT2D eigenvalue weighted by Crippen LogP contribution is 2.11. The first kappa shape index (κ1) is 31.6. The lowest BCUT2D eigenvalue weighted by Crippen LogP contribution is -2.58. The second-order valence-electron chi connectivity index (χ2n) is 9.16. The zero-order chi connectivity index (χ0) is 28.8. The molecule has 0 radical (unpaired) electrons. The Morgan fingerprint density at radius 1 is 0.769 bits per heavy atom. The number of nitrogens with one attached hydrogen (secondary N) is 3. The highest BCUT2D eigenvalue weighted by molar-refractivity contribution is 7.80. The lowest BCUT2D eigenvalue weighted by molar-refractivity contribution is -0.142. The van der Waals surface area contributed by atoms with E-state index in [1.807, 2.05) is 0 Å². The number of aliphatic carboxylic acids is 1. The Labute approximate surface area is 233 Å². The van der Waals surface area contributed by atoms with Crippen LogP contribution >= 0.6 is 12.6 Å². The predicted molar refractivity (Wildman–Crippen MR) is 150 cm³/mol. The third-order valence-corrected chi connectivity index (χ3v) is 6.39. The molecule has 11 nitrogen and oxygen atoms in total. The summed E-state index contributed by atoms with van der Waals surface area (Å²) < 4.78 is 0. The molecule has 2 aromatic carbocycles. The first-order valence-corrected chi connectivity index (χ1v) is 13.3. The minimum atomic E-state index is -1.21. The summed E-state index contributed by atoms with van der Waals surface area (Å²) >= 11 is 4.17. The van der Waals surface area contributed by atoms with Crippen LogP contribution < -0.4 is 27.4 Å². The van der Waals surface area contributed by atoms with Crippen LogP contribution in [0.3, 0.4) is 0 Å². The van der Waals surface area contributed by atoms with E-state index < -0.39 is 47.9 Å². The first-order valence-electron chi connectivity index (χ1n) is 12.7.